The summed E-state index contributed by atoms with van der Waals surface area (Å²) in [5, 5.41) is 10.9. The van der Waals surface area contributed by atoms with E-state index >= 15 is 0 Å². The van der Waals surface area contributed by atoms with Crippen molar-refractivity contribution >= 4 is 21.6 Å². The van der Waals surface area contributed by atoms with Crippen LogP contribution in [-0.4, -0.2) is 54.2 Å². The number of nitrogens with zero attached hydrogens (tertiary/aromatic N) is 3. The van der Waals surface area contributed by atoms with Crippen molar-refractivity contribution in [3.8, 4) is 0 Å². The zero-order valence-electron chi connectivity index (χ0n) is 14.0. The van der Waals surface area contributed by atoms with E-state index in [0.29, 0.717) is 18.8 Å². The van der Waals surface area contributed by atoms with E-state index in [1.54, 1.807) is 12.1 Å². The van der Waals surface area contributed by atoms with E-state index in [0.717, 1.165) is 0 Å². The Morgan fingerprint density at radius 2 is 2.04 bits per heavy atom. The molecular weight excluding hydrogens is 316 g/mol. The molecule has 1 aliphatic heterocycles. The summed E-state index contributed by atoms with van der Waals surface area (Å²) in [6.07, 6.45) is 0.601. The molecule has 128 valence electrons. The molecule has 1 atom stereocenters. The Hall–Kier alpha value is -1.70. The SMILES string of the molecule is CCN(c1ccc(C(=O)NC(C)(C)C)nn1)C1CCS(=O)(=O)C1. The second-order valence-electron chi connectivity index (χ2n) is 6.82. The van der Waals surface area contributed by atoms with Crippen LogP contribution in [-0.2, 0) is 9.84 Å². The Morgan fingerprint density at radius 1 is 1.35 bits per heavy atom. The lowest BCUT2D eigenvalue weighted by Gasteiger charge is -2.27. The Kier molecular flexibility index (Phi) is 4.93. The minimum Gasteiger partial charge on any atom is -0.351 e. The van der Waals surface area contributed by atoms with Crippen molar-refractivity contribution in [3.63, 3.8) is 0 Å². The van der Waals surface area contributed by atoms with Crippen LogP contribution in [0.4, 0.5) is 5.82 Å². The van der Waals surface area contributed by atoms with E-state index in [1.165, 1.54) is 0 Å². The molecule has 7 nitrogen and oxygen atoms in total. The van der Waals surface area contributed by atoms with E-state index in [2.05, 4.69) is 15.5 Å². The molecule has 2 heterocycles. The first-order chi connectivity index (χ1) is 10.6. The maximum Gasteiger partial charge on any atom is 0.272 e. The van der Waals surface area contributed by atoms with E-state index in [1.807, 2.05) is 32.6 Å². The van der Waals surface area contributed by atoms with Gasteiger partial charge in [0.05, 0.1) is 11.5 Å². The maximum atomic E-state index is 12.0. The summed E-state index contributed by atoms with van der Waals surface area (Å²) >= 11 is 0. The van der Waals surface area contributed by atoms with Gasteiger partial charge in [-0.25, -0.2) is 8.42 Å². The van der Waals surface area contributed by atoms with Crippen LogP contribution < -0.4 is 10.2 Å². The van der Waals surface area contributed by atoms with Gasteiger partial charge in [0.25, 0.3) is 5.91 Å². The van der Waals surface area contributed by atoms with Crippen LogP contribution in [0.2, 0.25) is 0 Å². The van der Waals surface area contributed by atoms with Gasteiger partial charge in [-0.05, 0) is 46.2 Å². The third kappa shape index (κ3) is 4.63. The Bertz CT molecular complexity index is 665. The molecule has 0 bridgehead atoms. The van der Waals surface area contributed by atoms with Crippen molar-refractivity contribution in [1.29, 1.82) is 0 Å². The Morgan fingerprint density at radius 3 is 2.48 bits per heavy atom. The molecule has 1 saturated heterocycles. The van der Waals surface area contributed by atoms with Gasteiger partial charge in [0, 0.05) is 18.1 Å². The van der Waals surface area contributed by atoms with E-state index in [9.17, 15) is 13.2 Å². The van der Waals surface area contributed by atoms with Crippen LogP contribution >= 0.6 is 0 Å². The Labute approximate surface area is 137 Å². The number of amides is 1. The summed E-state index contributed by atoms with van der Waals surface area (Å²) in [6, 6.07) is 3.27. The molecule has 0 aliphatic carbocycles. The van der Waals surface area contributed by atoms with Crippen molar-refractivity contribution in [2.45, 2.75) is 45.7 Å². The van der Waals surface area contributed by atoms with Gasteiger partial charge in [0.1, 0.15) is 0 Å². The lowest BCUT2D eigenvalue weighted by Crippen LogP contribution is -2.41. The number of carbonyl (C=O) groups is 1. The lowest BCUT2D eigenvalue weighted by molar-refractivity contribution is 0.0913. The van der Waals surface area contributed by atoms with E-state index in [4.69, 9.17) is 0 Å². The predicted molar refractivity (Wildman–Crippen MR) is 89.3 cm³/mol. The first-order valence-electron chi connectivity index (χ1n) is 7.74. The summed E-state index contributed by atoms with van der Waals surface area (Å²) in [4.78, 5) is 14.0. The fourth-order valence-corrected chi connectivity index (χ4v) is 4.36. The number of nitrogens with one attached hydrogen (secondary N) is 1. The standard InChI is InChI=1S/C15H24N4O3S/c1-5-19(11-8-9-23(21,22)10-11)13-7-6-12(17-18-13)14(20)16-15(2,3)4/h6-7,11H,5,8-10H2,1-4H3,(H,16,20). The van der Waals surface area contributed by atoms with Gasteiger partial charge in [-0.3, -0.25) is 4.79 Å². The minimum atomic E-state index is -2.95. The number of rotatable bonds is 4. The van der Waals surface area contributed by atoms with Crippen molar-refractivity contribution in [2.24, 2.45) is 0 Å². The van der Waals surface area contributed by atoms with Crippen molar-refractivity contribution in [1.82, 2.24) is 15.5 Å². The van der Waals surface area contributed by atoms with Crippen molar-refractivity contribution in [2.75, 3.05) is 23.0 Å². The largest absolute Gasteiger partial charge is 0.351 e. The number of aromatic nitrogens is 2. The van der Waals surface area contributed by atoms with Crippen LogP contribution in [0.15, 0.2) is 12.1 Å². The molecule has 1 amide bonds. The molecule has 23 heavy (non-hydrogen) atoms. The molecule has 1 aromatic heterocycles. The second-order valence-corrected chi connectivity index (χ2v) is 9.05. The van der Waals surface area contributed by atoms with Gasteiger partial charge in [0.2, 0.25) is 0 Å². The fourth-order valence-electron chi connectivity index (χ4n) is 2.63. The fraction of sp³-hybridized carbons (Fsp3) is 0.667. The highest BCUT2D eigenvalue weighted by molar-refractivity contribution is 7.91. The van der Waals surface area contributed by atoms with Crippen LogP contribution in [0.3, 0.4) is 0 Å². The lowest BCUT2D eigenvalue weighted by atomic mass is 10.1. The van der Waals surface area contributed by atoms with Gasteiger partial charge in [0.15, 0.2) is 21.3 Å². The molecule has 1 N–H and O–H groups in total. The topological polar surface area (TPSA) is 92.3 Å². The summed E-state index contributed by atoms with van der Waals surface area (Å²) in [5.41, 5.74) is -0.0933. The van der Waals surface area contributed by atoms with Gasteiger partial charge in [-0.1, -0.05) is 0 Å². The van der Waals surface area contributed by atoms with Crippen LogP contribution in [0, 0.1) is 0 Å². The molecule has 0 radical (unpaired) electrons. The van der Waals surface area contributed by atoms with Gasteiger partial charge < -0.3 is 10.2 Å². The molecule has 1 aliphatic rings. The number of carbonyl (C=O) groups excluding carboxylic acids is 1. The normalized spacial score (nSPS) is 20.3. The van der Waals surface area contributed by atoms with Gasteiger partial charge in [-0.2, -0.15) is 0 Å². The molecule has 0 spiro atoms. The highest BCUT2D eigenvalue weighted by atomic mass is 32.2. The van der Waals surface area contributed by atoms with E-state index in [-0.39, 0.29) is 34.7 Å². The smallest absolute Gasteiger partial charge is 0.272 e. The van der Waals surface area contributed by atoms with Crippen molar-refractivity contribution in [3.05, 3.63) is 17.8 Å². The third-order valence-electron chi connectivity index (χ3n) is 3.66. The summed E-state index contributed by atoms with van der Waals surface area (Å²) in [7, 11) is -2.95. The number of hydrogen-bond acceptors (Lipinski definition) is 6. The second kappa shape index (κ2) is 6.43. The molecule has 1 aromatic rings. The zero-order valence-corrected chi connectivity index (χ0v) is 14.9. The minimum absolute atomic E-state index is 0.0754. The summed E-state index contributed by atoms with van der Waals surface area (Å²) < 4.78 is 23.3. The number of anilines is 1. The van der Waals surface area contributed by atoms with E-state index < -0.39 is 9.84 Å². The molecule has 0 aromatic carbocycles. The quantitative estimate of drug-likeness (QED) is 0.880. The highest BCUT2D eigenvalue weighted by Gasteiger charge is 2.32. The molecule has 2 rings (SSSR count). The number of sulfone groups is 1. The predicted octanol–water partition coefficient (Wildman–Crippen LogP) is 1.02. The van der Waals surface area contributed by atoms with Crippen LogP contribution in [0.5, 0.6) is 0 Å². The average Bonchev–Trinajstić information content (AvgIpc) is 2.78. The highest BCUT2D eigenvalue weighted by Crippen LogP contribution is 2.22. The van der Waals surface area contributed by atoms with Gasteiger partial charge in [-0.15, -0.1) is 10.2 Å². The summed E-state index contributed by atoms with van der Waals surface area (Å²) in [6.45, 7) is 8.28. The monoisotopic (exact) mass is 340 g/mol. The van der Waals surface area contributed by atoms with Crippen LogP contribution in [0.1, 0.15) is 44.6 Å². The first kappa shape index (κ1) is 17.7. The first-order valence-corrected chi connectivity index (χ1v) is 9.57. The average molecular weight is 340 g/mol. The summed E-state index contributed by atoms with van der Waals surface area (Å²) in [5.74, 6) is 0.688. The molecule has 1 fully saturated rings. The molecule has 0 saturated carbocycles. The third-order valence-corrected chi connectivity index (χ3v) is 5.41. The van der Waals surface area contributed by atoms with Crippen molar-refractivity contribution < 1.29 is 13.2 Å². The molecular formula is C15H24N4O3S. The molecule has 1 unspecified atom stereocenters. The van der Waals surface area contributed by atoms with Gasteiger partial charge >= 0.3 is 0 Å². The zero-order chi connectivity index (χ0) is 17.3. The van der Waals surface area contributed by atoms with Crippen LogP contribution in [0.25, 0.3) is 0 Å². The number of hydrogen-bond donors (Lipinski definition) is 1. The maximum absolute atomic E-state index is 12.0. The Balaban J connectivity index is 2.13. The molecule has 8 heteroatoms.